The van der Waals surface area contributed by atoms with E-state index in [0.717, 1.165) is 19.3 Å². The molecule has 0 saturated carbocycles. The molecule has 2 nitrogen and oxygen atoms in total. The lowest BCUT2D eigenvalue weighted by molar-refractivity contribution is 0.156. The Bertz CT molecular complexity index is 41.8. The molecule has 50 valence electrons. The van der Waals surface area contributed by atoms with Crippen LogP contribution < -0.4 is 5.73 Å². The fourth-order valence-corrected chi connectivity index (χ4v) is 0.670. The molecule has 0 aliphatic rings. The summed E-state index contributed by atoms with van der Waals surface area (Å²) >= 11 is 0. The average Bonchev–Trinajstić information content (AvgIpc) is 1.68. The molecular formula is C6H15NO. The molecule has 0 aliphatic carbocycles. The van der Waals surface area contributed by atoms with Crippen LogP contribution in [0.15, 0.2) is 0 Å². The molecule has 1 unspecified atom stereocenters. The molecule has 0 aromatic carbocycles. The number of hydrogen-bond donors (Lipinski definition) is 2. The van der Waals surface area contributed by atoms with E-state index in [1.165, 1.54) is 0 Å². The number of hydrogen-bond acceptors (Lipinski definition) is 2. The van der Waals surface area contributed by atoms with Gasteiger partial charge in [-0.15, -0.1) is 0 Å². The number of aliphatic hydroxyl groups is 1. The zero-order valence-electron chi connectivity index (χ0n) is 5.43. The van der Waals surface area contributed by atoms with Gasteiger partial charge in [-0.2, -0.15) is 0 Å². The van der Waals surface area contributed by atoms with Crippen molar-refractivity contribution in [2.75, 3.05) is 6.54 Å². The molecule has 8 heavy (non-hydrogen) atoms. The Morgan fingerprint density at radius 3 is 2.50 bits per heavy atom. The van der Waals surface area contributed by atoms with Crippen molar-refractivity contribution >= 4 is 0 Å². The first-order valence-electron chi connectivity index (χ1n) is 3.19. The normalized spacial score (nSPS) is 13.9. The molecule has 0 aromatic rings. The fourth-order valence-electron chi connectivity index (χ4n) is 0.670. The Balaban J connectivity index is 2.92. The molecule has 0 saturated heterocycles. The summed E-state index contributed by atoms with van der Waals surface area (Å²) in [5.41, 5.74) is 5.20. The van der Waals surface area contributed by atoms with Gasteiger partial charge in [0.25, 0.3) is 0 Å². The molecular weight excluding hydrogens is 102 g/mol. The third-order valence-electron chi connectivity index (χ3n) is 1.12. The molecule has 3 N–H and O–H groups in total. The van der Waals surface area contributed by atoms with Gasteiger partial charge in [-0.1, -0.05) is 13.3 Å². The van der Waals surface area contributed by atoms with Crippen LogP contribution in [0.4, 0.5) is 0 Å². The van der Waals surface area contributed by atoms with E-state index < -0.39 is 0 Å². The minimum Gasteiger partial charge on any atom is -0.393 e. The minimum atomic E-state index is -0.162. The molecule has 0 spiro atoms. The van der Waals surface area contributed by atoms with Crippen LogP contribution in [0.2, 0.25) is 0 Å². The highest BCUT2D eigenvalue weighted by Gasteiger charge is 1.97. The van der Waals surface area contributed by atoms with E-state index in [1.807, 2.05) is 0 Å². The van der Waals surface area contributed by atoms with Crippen LogP contribution in [0.1, 0.15) is 26.2 Å². The van der Waals surface area contributed by atoms with E-state index in [0.29, 0.717) is 6.54 Å². The number of aliphatic hydroxyl groups excluding tert-OH is 1. The van der Waals surface area contributed by atoms with Gasteiger partial charge in [0.15, 0.2) is 0 Å². The van der Waals surface area contributed by atoms with Crippen LogP contribution in [0.5, 0.6) is 0 Å². The average molecular weight is 117 g/mol. The van der Waals surface area contributed by atoms with Crippen molar-refractivity contribution in [3.8, 4) is 0 Å². The standard InChI is InChI=1S/C6H15NO/c1-2-3-6(8)4-5-7/h6,8H,2-5,7H2,1H3. The van der Waals surface area contributed by atoms with Crippen molar-refractivity contribution in [3.05, 3.63) is 0 Å². The first kappa shape index (κ1) is 7.92. The molecule has 0 bridgehead atoms. The molecule has 2 heteroatoms. The van der Waals surface area contributed by atoms with Crippen molar-refractivity contribution < 1.29 is 5.11 Å². The summed E-state index contributed by atoms with van der Waals surface area (Å²) in [7, 11) is 0. The highest BCUT2D eigenvalue weighted by Crippen LogP contribution is 1.98. The van der Waals surface area contributed by atoms with E-state index in [-0.39, 0.29) is 6.10 Å². The monoisotopic (exact) mass is 117 g/mol. The van der Waals surface area contributed by atoms with Gasteiger partial charge in [0, 0.05) is 0 Å². The second-order valence-corrected chi connectivity index (χ2v) is 2.02. The van der Waals surface area contributed by atoms with E-state index in [1.54, 1.807) is 0 Å². The van der Waals surface area contributed by atoms with Gasteiger partial charge < -0.3 is 10.8 Å². The highest BCUT2D eigenvalue weighted by atomic mass is 16.3. The molecule has 0 aliphatic heterocycles. The zero-order chi connectivity index (χ0) is 6.41. The summed E-state index contributed by atoms with van der Waals surface area (Å²) < 4.78 is 0. The van der Waals surface area contributed by atoms with Crippen LogP contribution in [0.3, 0.4) is 0 Å². The predicted octanol–water partition coefficient (Wildman–Crippen LogP) is 0.496. The Morgan fingerprint density at radius 1 is 1.50 bits per heavy atom. The quantitative estimate of drug-likeness (QED) is 0.563. The van der Waals surface area contributed by atoms with Gasteiger partial charge in [-0.3, -0.25) is 0 Å². The van der Waals surface area contributed by atoms with Crippen molar-refractivity contribution in [1.82, 2.24) is 0 Å². The first-order valence-corrected chi connectivity index (χ1v) is 3.19. The summed E-state index contributed by atoms with van der Waals surface area (Å²) in [5.74, 6) is 0. The van der Waals surface area contributed by atoms with Crippen LogP contribution in [0.25, 0.3) is 0 Å². The van der Waals surface area contributed by atoms with E-state index in [9.17, 15) is 0 Å². The van der Waals surface area contributed by atoms with Gasteiger partial charge in [0.05, 0.1) is 6.10 Å². The van der Waals surface area contributed by atoms with Gasteiger partial charge in [0.1, 0.15) is 0 Å². The minimum absolute atomic E-state index is 0.162. The summed E-state index contributed by atoms with van der Waals surface area (Å²) in [6.45, 7) is 2.65. The maximum atomic E-state index is 8.97. The maximum Gasteiger partial charge on any atom is 0.0552 e. The largest absolute Gasteiger partial charge is 0.393 e. The van der Waals surface area contributed by atoms with Crippen molar-refractivity contribution in [1.29, 1.82) is 0 Å². The first-order chi connectivity index (χ1) is 3.81. The molecule has 0 heterocycles. The molecule has 0 fully saturated rings. The molecule has 0 amide bonds. The molecule has 0 aromatic heterocycles. The lowest BCUT2D eigenvalue weighted by atomic mass is 10.1. The van der Waals surface area contributed by atoms with Gasteiger partial charge in [0.2, 0.25) is 0 Å². The number of rotatable bonds is 4. The third-order valence-corrected chi connectivity index (χ3v) is 1.12. The second kappa shape index (κ2) is 5.06. The van der Waals surface area contributed by atoms with Crippen LogP contribution >= 0.6 is 0 Å². The Labute approximate surface area is 50.7 Å². The number of nitrogens with two attached hydrogens (primary N) is 1. The fraction of sp³-hybridized carbons (Fsp3) is 1.00. The highest BCUT2D eigenvalue weighted by molar-refractivity contribution is 4.53. The van der Waals surface area contributed by atoms with Gasteiger partial charge >= 0.3 is 0 Å². The lowest BCUT2D eigenvalue weighted by Crippen LogP contribution is -2.12. The summed E-state index contributed by atoms with van der Waals surface area (Å²) in [6, 6.07) is 0. The molecule has 1 atom stereocenters. The van der Waals surface area contributed by atoms with Crippen molar-refractivity contribution in [2.45, 2.75) is 32.3 Å². The van der Waals surface area contributed by atoms with E-state index in [4.69, 9.17) is 10.8 Å². The van der Waals surface area contributed by atoms with E-state index >= 15 is 0 Å². The Morgan fingerprint density at radius 2 is 2.12 bits per heavy atom. The SMILES string of the molecule is CCCC(O)CCN. The summed E-state index contributed by atoms with van der Waals surface area (Å²) in [6.07, 6.45) is 2.51. The van der Waals surface area contributed by atoms with Gasteiger partial charge in [-0.05, 0) is 19.4 Å². The lowest BCUT2D eigenvalue weighted by Gasteiger charge is -2.04. The van der Waals surface area contributed by atoms with E-state index in [2.05, 4.69) is 6.92 Å². The summed E-state index contributed by atoms with van der Waals surface area (Å²) in [4.78, 5) is 0. The van der Waals surface area contributed by atoms with Crippen LogP contribution in [-0.2, 0) is 0 Å². The maximum absolute atomic E-state index is 8.97. The van der Waals surface area contributed by atoms with Crippen LogP contribution in [0, 0.1) is 0 Å². The zero-order valence-corrected chi connectivity index (χ0v) is 5.43. The van der Waals surface area contributed by atoms with Crippen LogP contribution in [-0.4, -0.2) is 17.8 Å². The van der Waals surface area contributed by atoms with Crippen molar-refractivity contribution in [2.24, 2.45) is 5.73 Å². The smallest absolute Gasteiger partial charge is 0.0552 e. The Kier molecular flexibility index (Phi) is 5.01. The van der Waals surface area contributed by atoms with Crippen molar-refractivity contribution in [3.63, 3.8) is 0 Å². The topological polar surface area (TPSA) is 46.2 Å². The molecule has 0 rings (SSSR count). The molecule has 0 radical (unpaired) electrons. The summed E-state index contributed by atoms with van der Waals surface area (Å²) in [5, 5.41) is 8.97. The predicted molar refractivity (Wildman–Crippen MR) is 34.6 cm³/mol. The third kappa shape index (κ3) is 4.09. The van der Waals surface area contributed by atoms with Gasteiger partial charge in [-0.25, -0.2) is 0 Å². The Hall–Kier alpha value is -0.0800. The second-order valence-electron chi connectivity index (χ2n) is 2.02.